The molecule has 4 aromatic rings. The number of fused-ring (bicyclic) bond motifs is 1. The van der Waals surface area contributed by atoms with E-state index in [0.717, 1.165) is 48.5 Å². The molecule has 6 rings (SSSR count). The minimum atomic E-state index is -2.50. The molecule has 0 amide bonds. The van der Waals surface area contributed by atoms with Crippen LogP contribution in [0.4, 0.5) is 14.5 Å². The van der Waals surface area contributed by atoms with E-state index in [1.807, 2.05) is 31.3 Å². The van der Waals surface area contributed by atoms with Gasteiger partial charge in [-0.15, -0.1) is 11.3 Å². The van der Waals surface area contributed by atoms with Gasteiger partial charge in [-0.25, -0.2) is 13.6 Å². The molecule has 0 atom stereocenters. The van der Waals surface area contributed by atoms with Crippen molar-refractivity contribution in [3.63, 3.8) is 0 Å². The topological polar surface area (TPSA) is 81.0 Å². The number of alkyl halides is 2. The Kier molecular flexibility index (Phi) is 8.91. The molecular formula is C30H34ClF2N5O2S. The number of nitrogens with one attached hydrogen (secondary N) is 2. The molecule has 41 heavy (non-hydrogen) atoms. The van der Waals surface area contributed by atoms with E-state index in [9.17, 15) is 18.4 Å². The van der Waals surface area contributed by atoms with Gasteiger partial charge in [0.05, 0.1) is 16.8 Å². The molecule has 4 heterocycles. The Hall–Kier alpha value is -3.08. The summed E-state index contributed by atoms with van der Waals surface area (Å²) in [5, 5.41) is 7.15. The van der Waals surface area contributed by atoms with Gasteiger partial charge in [-0.1, -0.05) is 18.5 Å². The monoisotopic (exact) mass is 601 g/mol. The highest BCUT2D eigenvalue weighted by atomic mass is 35.5. The van der Waals surface area contributed by atoms with Gasteiger partial charge >= 0.3 is 5.69 Å². The third kappa shape index (κ3) is 6.24. The maximum absolute atomic E-state index is 13.4. The normalized spacial score (nSPS) is 15.7. The van der Waals surface area contributed by atoms with E-state index < -0.39 is 23.1 Å². The molecule has 218 valence electrons. The van der Waals surface area contributed by atoms with E-state index in [-0.39, 0.29) is 13.1 Å². The standard InChI is InChI=1S/C26H25ClF2N4O2S.C4H9N/c1-3-15-10-16(27)11-19(22(15)30-2)18-4-8-31-20-12-17(36-23(18)20)13-33-21(34)5-9-32(25(33)35)14-26(6-7-26)24(28)29;1-2-4-5-3-1/h4-5,8-12,24,30H,3,6-7,13-14H2,1-2H3;5H,1-4H2. The van der Waals surface area contributed by atoms with Gasteiger partial charge in [0.1, 0.15) is 0 Å². The van der Waals surface area contributed by atoms with Crippen molar-refractivity contribution in [2.45, 2.75) is 58.5 Å². The molecule has 0 spiro atoms. The Labute approximate surface area is 246 Å². The first-order valence-corrected chi connectivity index (χ1v) is 15.1. The molecule has 0 unspecified atom stereocenters. The van der Waals surface area contributed by atoms with Gasteiger partial charge in [-0.05, 0) is 75.0 Å². The fraction of sp³-hybridized carbons (Fsp3) is 0.433. The number of pyridine rings is 1. The van der Waals surface area contributed by atoms with Crippen LogP contribution in [0.3, 0.4) is 0 Å². The van der Waals surface area contributed by atoms with Crippen molar-refractivity contribution >= 4 is 38.8 Å². The van der Waals surface area contributed by atoms with Crippen LogP contribution in [-0.4, -0.2) is 40.7 Å². The van der Waals surface area contributed by atoms with Crippen LogP contribution in [0.1, 0.15) is 43.0 Å². The lowest BCUT2D eigenvalue weighted by Gasteiger charge is -2.16. The van der Waals surface area contributed by atoms with Gasteiger partial charge in [-0.2, -0.15) is 0 Å². The molecule has 7 nitrogen and oxygen atoms in total. The molecule has 3 aromatic heterocycles. The van der Waals surface area contributed by atoms with Crippen LogP contribution in [0.2, 0.25) is 5.02 Å². The number of aryl methyl sites for hydroxylation is 1. The number of rotatable bonds is 8. The minimum absolute atomic E-state index is 0.0370. The van der Waals surface area contributed by atoms with Crippen molar-refractivity contribution in [2.75, 3.05) is 25.5 Å². The Bertz CT molecular complexity index is 1650. The summed E-state index contributed by atoms with van der Waals surface area (Å²) in [5.74, 6) is 0. The molecule has 2 aliphatic rings. The molecule has 2 fully saturated rings. The Balaban J connectivity index is 0.000000610. The molecule has 0 radical (unpaired) electrons. The van der Waals surface area contributed by atoms with E-state index in [1.165, 1.54) is 54.1 Å². The molecule has 1 aromatic carbocycles. The van der Waals surface area contributed by atoms with Gasteiger partial charge in [0.2, 0.25) is 6.43 Å². The SMILES string of the molecule is C1CCNC1.CCc1cc(Cl)cc(-c2ccnc3cc(Cn4c(=O)ccn(CC5(C(F)F)CC5)c4=O)sc23)c1NC. The lowest BCUT2D eigenvalue weighted by Crippen LogP contribution is -2.41. The number of aromatic nitrogens is 3. The first kappa shape index (κ1) is 29.4. The summed E-state index contributed by atoms with van der Waals surface area (Å²) in [6.07, 6.45) is 4.87. The fourth-order valence-electron chi connectivity index (χ4n) is 5.28. The summed E-state index contributed by atoms with van der Waals surface area (Å²) in [6, 6.07) is 8.91. The summed E-state index contributed by atoms with van der Waals surface area (Å²) in [4.78, 5) is 30.9. The van der Waals surface area contributed by atoms with E-state index in [4.69, 9.17) is 11.6 Å². The highest BCUT2D eigenvalue weighted by Crippen LogP contribution is 2.51. The predicted octanol–water partition coefficient (Wildman–Crippen LogP) is 6.01. The van der Waals surface area contributed by atoms with Gasteiger partial charge in [-0.3, -0.25) is 18.9 Å². The summed E-state index contributed by atoms with van der Waals surface area (Å²) >= 11 is 7.87. The summed E-state index contributed by atoms with van der Waals surface area (Å²) in [7, 11) is 1.87. The van der Waals surface area contributed by atoms with Crippen molar-refractivity contribution in [3.05, 3.63) is 79.0 Å². The van der Waals surface area contributed by atoms with Crippen LogP contribution in [0.5, 0.6) is 0 Å². The average Bonchev–Trinajstić information content (AvgIpc) is 3.32. The quantitative estimate of drug-likeness (QED) is 0.259. The molecule has 1 aliphatic heterocycles. The van der Waals surface area contributed by atoms with E-state index in [2.05, 4.69) is 22.5 Å². The maximum atomic E-state index is 13.4. The molecule has 2 N–H and O–H groups in total. The molecule has 11 heteroatoms. The number of hydrogen-bond donors (Lipinski definition) is 2. The lowest BCUT2D eigenvalue weighted by atomic mass is 9.99. The van der Waals surface area contributed by atoms with Gasteiger partial charge < -0.3 is 10.6 Å². The molecule has 1 saturated carbocycles. The van der Waals surface area contributed by atoms with Crippen molar-refractivity contribution in [3.8, 4) is 11.1 Å². The number of thiophene rings is 1. The summed E-state index contributed by atoms with van der Waals surface area (Å²) in [5.41, 5.74) is 2.50. The Morgan fingerprint density at radius 3 is 2.51 bits per heavy atom. The van der Waals surface area contributed by atoms with Crippen molar-refractivity contribution in [2.24, 2.45) is 5.41 Å². The van der Waals surface area contributed by atoms with Crippen molar-refractivity contribution < 1.29 is 8.78 Å². The first-order valence-electron chi connectivity index (χ1n) is 13.9. The third-order valence-corrected chi connectivity index (χ3v) is 9.18. The fourth-order valence-corrected chi connectivity index (χ4v) is 6.65. The number of nitrogens with zero attached hydrogens (tertiary/aromatic N) is 3. The van der Waals surface area contributed by atoms with Crippen LogP contribution < -0.4 is 21.9 Å². The Morgan fingerprint density at radius 2 is 1.90 bits per heavy atom. The van der Waals surface area contributed by atoms with Crippen molar-refractivity contribution in [1.29, 1.82) is 0 Å². The second kappa shape index (κ2) is 12.4. The molecule has 0 bridgehead atoms. The molecule has 1 saturated heterocycles. The van der Waals surface area contributed by atoms with Crippen LogP contribution in [-0.2, 0) is 19.5 Å². The van der Waals surface area contributed by atoms with Crippen LogP contribution in [0.25, 0.3) is 21.3 Å². The number of benzene rings is 1. The second-order valence-corrected chi connectivity index (χ2v) is 12.2. The number of halogens is 3. The van der Waals surface area contributed by atoms with Crippen molar-refractivity contribution in [1.82, 2.24) is 19.4 Å². The van der Waals surface area contributed by atoms with Gasteiger partial charge in [0.25, 0.3) is 5.56 Å². The minimum Gasteiger partial charge on any atom is -0.387 e. The van der Waals surface area contributed by atoms with E-state index in [1.54, 1.807) is 6.20 Å². The van der Waals surface area contributed by atoms with Crippen LogP contribution in [0.15, 0.2) is 52.3 Å². The zero-order valence-corrected chi connectivity index (χ0v) is 24.8. The number of hydrogen-bond acceptors (Lipinski definition) is 6. The summed E-state index contributed by atoms with van der Waals surface area (Å²) < 4.78 is 30.1. The molecule has 1 aliphatic carbocycles. The maximum Gasteiger partial charge on any atom is 0.331 e. The third-order valence-electron chi connectivity index (χ3n) is 7.82. The average molecular weight is 602 g/mol. The zero-order valence-electron chi connectivity index (χ0n) is 23.2. The first-order chi connectivity index (χ1) is 19.8. The van der Waals surface area contributed by atoms with E-state index >= 15 is 0 Å². The predicted molar refractivity (Wildman–Crippen MR) is 163 cm³/mol. The smallest absolute Gasteiger partial charge is 0.331 e. The second-order valence-electron chi connectivity index (χ2n) is 10.6. The largest absolute Gasteiger partial charge is 0.387 e. The summed E-state index contributed by atoms with van der Waals surface area (Å²) in [6.45, 7) is 4.51. The lowest BCUT2D eigenvalue weighted by molar-refractivity contribution is 0.0501. The van der Waals surface area contributed by atoms with Gasteiger partial charge in [0, 0.05) is 64.2 Å². The van der Waals surface area contributed by atoms with Gasteiger partial charge in [0.15, 0.2) is 0 Å². The van der Waals surface area contributed by atoms with E-state index in [0.29, 0.717) is 17.9 Å². The highest BCUT2D eigenvalue weighted by Gasteiger charge is 2.51. The van der Waals surface area contributed by atoms with Crippen LogP contribution >= 0.6 is 22.9 Å². The number of anilines is 1. The molecular weight excluding hydrogens is 568 g/mol. The van der Waals surface area contributed by atoms with Crippen LogP contribution in [0, 0.1) is 5.41 Å². The highest BCUT2D eigenvalue weighted by molar-refractivity contribution is 7.19. The Morgan fingerprint density at radius 1 is 1.15 bits per heavy atom. The zero-order chi connectivity index (χ0) is 29.1.